The molecule has 5 aromatic rings. The third kappa shape index (κ3) is 3.59. The summed E-state index contributed by atoms with van der Waals surface area (Å²) < 4.78 is 15.9. The molecule has 0 unspecified atom stereocenters. The molecule has 1 aromatic carbocycles. The molecule has 0 radical (unpaired) electrons. The van der Waals surface area contributed by atoms with Crippen LogP contribution >= 0.6 is 0 Å². The molecular formula is C26H26N6O3. The van der Waals surface area contributed by atoms with E-state index in [0.717, 1.165) is 46.3 Å². The lowest BCUT2D eigenvalue weighted by atomic mass is 10.1. The maximum Gasteiger partial charge on any atom is 0.349 e. The molecule has 0 saturated carbocycles. The van der Waals surface area contributed by atoms with E-state index in [9.17, 15) is 4.79 Å². The quantitative estimate of drug-likeness (QED) is 0.407. The van der Waals surface area contributed by atoms with Gasteiger partial charge in [-0.15, -0.1) is 0 Å². The van der Waals surface area contributed by atoms with Gasteiger partial charge in [-0.2, -0.15) is 10.1 Å². The number of pyridine rings is 1. The molecular weight excluding hydrogens is 444 g/mol. The molecule has 1 saturated heterocycles. The third-order valence-electron chi connectivity index (χ3n) is 6.74. The number of rotatable bonds is 5. The van der Waals surface area contributed by atoms with Crippen LogP contribution in [0, 0.1) is 0 Å². The zero-order chi connectivity index (χ0) is 24.1. The number of hydrogen-bond acceptors (Lipinski definition) is 7. The van der Waals surface area contributed by atoms with Crippen molar-refractivity contribution in [3.05, 3.63) is 59.4 Å². The van der Waals surface area contributed by atoms with Crippen LogP contribution in [0.4, 0.5) is 5.82 Å². The maximum atomic E-state index is 13.5. The van der Waals surface area contributed by atoms with Gasteiger partial charge >= 0.3 is 5.69 Å². The van der Waals surface area contributed by atoms with Crippen LogP contribution in [0.5, 0.6) is 0 Å². The number of nitrogens with zero attached hydrogens (tertiary/aromatic N) is 5. The molecule has 9 heteroatoms. The average molecular weight is 471 g/mol. The van der Waals surface area contributed by atoms with E-state index in [2.05, 4.69) is 33.4 Å². The van der Waals surface area contributed by atoms with Gasteiger partial charge in [0.2, 0.25) is 0 Å². The Morgan fingerprint density at radius 2 is 2.00 bits per heavy atom. The highest BCUT2D eigenvalue weighted by molar-refractivity contribution is 6.08. The standard InChI is InChI=1S/C26H26N6O3/c1-4-19-10-18(14-34-19)32-24-20-9-15(17-12-29-31(3)13-17)5-7-21(20)35-25(24)23(30-26(32)33)16-6-8-22(27-2)28-11-16/h5-9,11-13,18-19H,4,10,14H2,1-3H3,(H,27,28)/t18-,19+/m0/s1. The molecule has 4 aromatic heterocycles. The summed E-state index contributed by atoms with van der Waals surface area (Å²) in [4.78, 5) is 22.4. The van der Waals surface area contributed by atoms with E-state index in [4.69, 9.17) is 9.15 Å². The molecule has 178 valence electrons. The van der Waals surface area contributed by atoms with E-state index in [1.165, 1.54) is 0 Å². The zero-order valence-electron chi connectivity index (χ0n) is 19.9. The van der Waals surface area contributed by atoms with Crippen LogP contribution in [0.1, 0.15) is 25.8 Å². The monoisotopic (exact) mass is 470 g/mol. The number of benzene rings is 1. The molecule has 35 heavy (non-hydrogen) atoms. The van der Waals surface area contributed by atoms with Crippen molar-refractivity contribution in [2.45, 2.75) is 31.9 Å². The summed E-state index contributed by atoms with van der Waals surface area (Å²) in [6.45, 7) is 2.57. The lowest BCUT2D eigenvalue weighted by Gasteiger charge is -2.15. The highest BCUT2D eigenvalue weighted by Gasteiger charge is 2.30. The minimum Gasteiger partial charge on any atom is -0.452 e. The van der Waals surface area contributed by atoms with Gasteiger partial charge in [-0.25, -0.2) is 9.78 Å². The molecule has 6 rings (SSSR count). The Bertz CT molecular complexity index is 1600. The van der Waals surface area contributed by atoms with Crippen molar-refractivity contribution in [1.29, 1.82) is 0 Å². The molecule has 5 heterocycles. The second kappa shape index (κ2) is 8.35. The van der Waals surface area contributed by atoms with Gasteiger partial charge in [0.25, 0.3) is 0 Å². The maximum absolute atomic E-state index is 13.5. The summed E-state index contributed by atoms with van der Waals surface area (Å²) in [6.07, 6.45) is 7.30. The number of ether oxygens (including phenoxy) is 1. The highest BCUT2D eigenvalue weighted by Crippen LogP contribution is 2.38. The Morgan fingerprint density at radius 1 is 1.14 bits per heavy atom. The van der Waals surface area contributed by atoms with Crippen LogP contribution in [0.15, 0.2) is 58.1 Å². The number of furan rings is 1. The average Bonchev–Trinajstić information content (AvgIpc) is 3.62. The molecule has 1 aliphatic heterocycles. The molecule has 0 spiro atoms. The van der Waals surface area contributed by atoms with Crippen LogP contribution < -0.4 is 11.0 Å². The molecule has 0 aliphatic carbocycles. The number of fused-ring (bicyclic) bond motifs is 3. The second-order valence-corrected chi connectivity index (χ2v) is 8.94. The van der Waals surface area contributed by atoms with Crippen LogP contribution in [-0.4, -0.2) is 44.1 Å². The topological polar surface area (TPSA) is 100 Å². The zero-order valence-corrected chi connectivity index (χ0v) is 19.9. The van der Waals surface area contributed by atoms with Gasteiger partial charge in [0.15, 0.2) is 5.58 Å². The van der Waals surface area contributed by atoms with Gasteiger partial charge in [-0.1, -0.05) is 13.0 Å². The van der Waals surface area contributed by atoms with Crippen molar-refractivity contribution in [1.82, 2.24) is 24.3 Å². The third-order valence-corrected chi connectivity index (χ3v) is 6.74. The van der Waals surface area contributed by atoms with E-state index in [1.54, 1.807) is 15.4 Å². The van der Waals surface area contributed by atoms with Gasteiger partial charge in [-0.05, 0) is 42.7 Å². The number of aryl methyl sites for hydroxylation is 1. The smallest absolute Gasteiger partial charge is 0.349 e. The summed E-state index contributed by atoms with van der Waals surface area (Å²) in [6, 6.07) is 9.65. The van der Waals surface area contributed by atoms with Crippen molar-refractivity contribution in [2.75, 3.05) is 19.0 Å². The van der Waals surface area contributed by atoms with Gasteiger partial charge in [0.05, 0.1) is 24.9 Å². The van der Waals surface area contributed by atoms with E-state index in [0.29, 0.717) is 23.5 Å². The predicted molar refractivity (Wildman–Crippen MR) is 134 cm³/mol. The Labute approximate surface area is 201 Å². The summed E-state index contributed by atoms with van der Waals surface area (Å²) in [5.41, 5.74) is 4.89. The normalized spacial score (nSPS) is 18.0. The molecule has 1 N–H and O–H groups in total. The lowest BCUT2D eigenvalue weighted by molar-refractivity contribution is 0.104. The van der Waals surface area contributed by atoms with Crippen molar-refractivity contribution in [3.8, 4) is 22.4 Å². The van der Waals surface area contributed by atoms with Crippen LogP contribution in [-0.2, 0) is 11.8 Å². The Balaban J connectivity index is 1.63. The summed E-state index contributed by atoms with van der Waals surface area (Å²) in [5.74, 6) is 0.734. The van der Waals surface area contributed by atoms with E-state index in [1.807, 2.05) is 50.8 Å². The first kappa shape index (κ1) is 21.5. The van der Waals surface area contributed by atoms with E-state index < -0.39 is 0 Å². The molecule has 1 fully saturated rings. The number of anilines is 1. The minimum atomic E-state index is -0.315. The Kier molecular flexibility index (Phi) is 5.14. The van der Waals surface area contributed by atoms with Crippen molar-refractivity contribution in [2.24, 2.45) is 7.05 Å². The first-order chi connectivity index (χ1) is 17.1. The fourth-order valence-electron chi connectivity index (χ4n) is 4.90. The lowest BCUT2D eigenvalue weighted by Crippen LogP contribution is -2.28. The van der Waals surface area contributed by atoms with Crippen LogP contribution in [0.25, 0.3) is 44.5 Å². The number of aromatic nitrogens is 5. The van der Waals surface area contributed by atoms with E-state index >= 15 is 0 Å². The highest BCUT2D eigenvalue weighted by atomic mass is 16.5. The second-order valence-electron chi connectivity index (χ2n) is 8.94. The SMILES string of the molecule is CC[C@@H]1C[C@H](n2c(=O)nc(-c3ccc(NC)nc3)c3oc4ccc(-c5cnn(C)c5)cc4c32)CO1. The van der Waals surface area contributed by atoms with Gasteiger partial charge in [0.1, 0.15) is 22.6 Å². The summed E-state index contributed by atoms with van der Waals surface area (Å²) >= 11 is 0. The molecule has 1 aliphatic rings. The van der Waals surface area contributed by atoms with Gasteiger partial charge in [0, 0.05) is 43.0 Å². The predicted octanol–water partition coefficient (Wildman–Crippen LogP) is 4.39. The van der Waals surface area contributed by atoms with Gasteiger partial charge in [-0.3, -0.25) is 9.25 Å². The van der Waals surface area contributed by atoms with Gasteiger partial charge < -0.3 is 14.5 Å². The van der Waals surface area contributed by atoms with Crippen LogP contribution in [0.2, 0.25) is 0 Å². The number of nitrogens with one attached hydrogen (secondary N) is 1. The molecule has 9 nitrogen and oxygen atoms in total. The number of hydrogen-bond donors (Lipinski definition) is 1. The minimum absolute atomic E-state index is 0.107. The van der Waals surface area contributed by atoms with Crippen LogP contribution in [0.3, 0.4) is 0 Å². The molecule has 0 bridgehead atoms. The first-order valence-electron chi connectivity index (χ1n) is 11.8. The molecule has 2 atom stereocenters. The van der Waals surface area contributed by atoms with Crippen molar-refractivity contribution in [3.63, 3.8) is 0 Å². The van der Waals surface area contributed by atoms with Crippen molar-refractivity contribution < 1.29 is 9.15 Å². The fourth-order valence-corrected chi connectivity index (χ4v) is 4.90. The summed E-state index contributed by atoms with van der Waals surface area (Å²) in [5, 5.41) is 8.18. The first-order valence-corrected chi connectivity index (χ1v) is 11.8. The van der Waals surface area contributed by atoms with Crippen molar-refractivity contribution >= 4 is 27.9 Å². The largest absolute Gasteiger partial charge is 0.452 e. The molecule has 0 amide bonds. The summed E-state index contributed by atoms with van der Waals surface area (Å²) in [7, 11) is 3.70. The fraction of sp³-hybridized carbons (Fsp3) is 0.308. The Hall–Kier alpha value is -3.98. The van der Waals surface area contributed by atoms with E-state index in [-0.39, 0.29) is 17.8 Å². The Morgan fingerprint density at radius 3 is 2.69 bits per heavy atom.